The molecular formula is C17H23Cl2N5OS. The van der Waals surface area contributed by atoms with Crippen molar-refractivity contribution in [2.24, 2.45) is 0 Å². The van der Waals surface area contributed by atoms with E-state index in [4.69, 9.17) is 29.0 Å². The fourth-order valence-corrected chi connectivity index (χ4v) is 3.49. The van der Waals surface area contributed by atoms with Gasteiger partial charge in [0, 0.05) is 16.6 Å². The van der Waals surface area contributed by atoms with Crippen molar-refractivity contribution in [3.8, 4) is 11.4 Å². The predicted molar refractivity (Wildman–Crippen MR) is 108 cm³/mol. The third-order valence-electron chi connectivity index (χ3n) is 3.81. The molecule has 9 heteroatoms. The van der Waals surface area contributed by atoms with Crippen molar-refractivity contribution in [1.29, 1.82) is 0 Å². The lowest BCUT2D eigenvalue weighted by Gasteiger charge is -2.13. The van der Waals surface area contributed by atoms with Crippen molar-refractivity contribution < 1.29 is 4.79 Å². The summed E-state index contributed by atoms with van der Waals surface area (Å²) in [5.74, 6) is 6.62. The van der Waals surface area contributed by atoms with Crippen molar-refractivity contribution in [2.45, 2.75) is 50.7 Å². The number of halogens is 2. The van der Waals surface area contributed by atoms with Crippen molar-refractivity contribution in [3.05, 3.63) is 28.2 Å². The average molecular weight is 416 g/mol. The highest BCUT2D eigenvalue weighted by Gasteiger charge is 2.17. The predicted octanol–water partition coefficient (Wildman–Crippen LogP) is 4.14. The number of hydrogen-bond donors (Lipinski definition) is 2. The molecule has 1 atom stereocenters. The Labute approximate surface area is 167 Å². The Morgan fingerprint density at radius 2 is 2.12 bits per heavy atom. The van der Waals surface area contributed by atoms with Crippen LogP contribution in [-0.2, 0) is 4.79 Å². The lowest BCUT2D eigenvalue weighted by Crippen LogP contribution is -2.33. The number of nitrogen functional groups attached to an aromatic ring is 1. The topological polar surface area (TPSA) is 85.8 Å². The van der Waals surface area contributed by atoms with Crippen LogP contribution in [0.1, 0.15) is 39.5 Å². The van der Waals surface area contributed by atoms with E-state index in [0.717, 1.165) is 12.8 Å². The molecule has 0 aliphatic carbocycles. The van der Waals surface area contributed by atoms with E-state index in [1.165, 1.54) is 29.3 Å². The SMILES string of the molecule is CCCCC[C@H](C)NC(=O)CSc1nnc(-c2cc(Cl)ccc2Cl)n1N. The first-order valence-electron chi connectivity index (χ1n) is 8.50. The van der Waals surface area contributed by atoms with Gasteiger partial charge in [-0.05, 0) is 31.5 Å². The third kappa shape index (κ3) is 5.79. The number of rotatable bonds is 9. The van der Waals surface area contributed by atoms with Crippen LogP contribution in [0, 0.1) is 0 Å². The van der Waals surface area contributed by atoms with E-state index in [2.05, 4.69) is 22.4 Å². The van der Waals surface area contributed by atoms with Crippen molar-refractivity contribution in [3.63, 3.8) is 0 Å². The van der Waals surface area contributed by atoms with Crippen LogP contribution in [-0.4, -0.2) is 32.6 Å². The second kappa shape index (κ2) is 10.0. The maximum atomic E-state index is 12.1. The summed E-state index contributed by atoms with van der Waals surface area (Å²) in [6.07, 6.45) is 4.45. The average Bonchev–Trinajstić information content (AvgIpc) is 2.96. The first-order valence-corrected chi connectivity index (χ1v) is 10.2. The lowest BCUT2D eigenvalue weighted by molar-refractivity contribution is -0.119. The second-order valence-electron chi connectivity index (χ2n) is 6.05. The van der Waals surface area contributed by atoms with E-state index in [1.807, 2.05) is 6.92 Å². The van der Waals surface area contributed by atoms with Gasteiger partial charge in [0.15, 0.2) is 5.82 Å². The monoisotopic (exact) mass is 415 g/mol. The molecule has 26 heavy (non-hydrogen) atoms. The van der Waals surface area contributed by atoms with Gasteiger partial charge in [-0.3, -0.25) is 4.79 Å². The number of benzene rings is 1. The van der Waals surface area contributed by atoms with Crippen molar-refractivity contribution >= 4 is 40.9 Å². The van der Waals surface area contributed by atoms with Crippen LogP contribution < -0.4 is 11.2 Å². The number of aromatic nitrogens is 3. The highest BCUT2D eigenvalue weighted by molar-refractivity contribution is 7.99. The quantitative estimate of drug-likeness (QED) is 0.365. The smallest absolute Gasteiger partial charge is 0.230 e. The van der Waals surface area contributed by atoms with Crippen LogP contribution in [0.15, 0.2) is 23.4 Å². The van der Waals surface area contributed by atoms with E-state index < -0.39 is 0 Å². The number of nitrogens with two attached hydrogens (primary N) is 1. The number of carbonyl (C=O) groups is 1. The normalized spacial score (nSPS) is 12.2. The Morgan fingerprint density at radius 3 is 2.85 bits per heavy atom. The molecule has 0 bridgehead atoms. The first-order chi connectivity index (χ1) is 12.4. The largest absolute Gasteiger partial charge is 0.353 e. The van der Waals surface area contributed by atoms with Crippen LogP contribution >= 0.6 is 35.0 Å². The van der Waals surface area contributed by atoms with Crippen LogP contribution in [0.3, 0.4) is 0 Å². The highest BCUT2D eigenvalue weighted by atomic mass is 35.5. The van der Waals surface area contributed by atoms with Crippen molar-refractivity contribution in [2.75, 3.05) is 11.6 Å². The summed E-state index contributed by atoms with van der Waals surface area (Å²) in [5.41, 5.74) is 0.593. The van der Waals surface area contributed by atoms with Gasteiger partial charge in [-0.2, -0.15) is 0 Å². The van der Waals surface area contributed by atoms with Gasteiger partial charge in [-0.15, -0.1) is 10.2 Å². The van der Waals surface area contributed by atoms with E-state index in [-0.39, 0.29) is 17.7 Å². The number of hydrogen-bond acceptors (Lipinski definition) is 5. The summed E-state index contributed by atoms with van der Waals surface area (Å²) in [5, 5.41) is 12.5. The molecular weight excluding hydrogens is 393 g/mol. The zero-order chi connectivity index (χ0) is 19.1. The third-order valence-corrected chi connectivity index (χ3v) is 5.32. The van der Waals surface area contributed by atoms with E-state index in [1.54, 1.807) is 18.2 Å². The molecule has 0 unspecified atom stereocenters. The summed E-state index contributed by atoms with van der Waals surface area (Å²) in [4.78, 5) is 12.1. The molecule has 0 fully saturated rings. The van der Waals surface area contributed by atoms with Crippen LogP contribution in [0.25, 0.3) is 11.4 Å². The van der Waals surface area contributed by atoms with E-state index in [0.29, 0.717) is 26.6 Å². The molecule has 0 aliphatic rings. The minimum absolute atomic E-state index is 0.0515. The molecule has 3 N–H and O–H groups in total. The van der Waals surface area contributed by atoms with E-state index >= 15 is 0 Å². The Morgan fingerprint density at radius 1 is 1.35 bits per heavy atom. The molecule has 1 heterocycles. The van der Waals surface area contributed by atoms with Gasteiger partial charge >= 0.3 is 0 Å². The zero-order valence-electron chi connectivity index (χ0n) is 14.8. The maximum absolute atomic E-state index is 12.1. The summed E-state index contributed by atoms with van der Waals surface area (Å²) in [6, 6.07) is 5.20. The minimum atomic E-state index is -0.0515. The molecule has 1 aromatic heterocycles. The number of unbranched alkanes of at least 4 members (excludes halogenated alkanes) is 2. The number of nitrogens with one attached hydrogen (secondary N) is 1. The number of amides is 1. The Bertz CT molecular complexity index is 753. The number of carbonyl (C=O) groups excluding carboxylic acids is 1. The van der Waals surface area contributed by atoms with Crippen LogP contribution in [0.4, 0.5) is 0 Å². The number of thioether (sulfide) groups is 1. The molecule has 0 saturated heterocycles. The number of nitrogens with zero attached hydrogens (tertiary/aromatic N) is 3. The van der Waals surface area contributed by atoms with Crippen LogP contribution in [0.2, 0.25) is 10.0 Å². The van der Waals surface area contributed by atoms with Gasteiger partial charge < -0.3 is 11.2 Å². The Balaban J connectivity index is 1.94. The fourth-order valence-electron chi connectivity index (χ4n) is 2.45. The summed E-state index contributed by atoms with van der Waals surface area (Å²) < 4.78 is 1.32. The molecule has 6 nitrogen and oxygen atoms in total. The standard InChI is InChI=1S/C17H23Cl2N5OS/c1-3-4-5-6-11(2)21-15(25)10-26-17-23-22-16(24(17)20)13-9-12(18)7-8-14(13)19/h7-9,11H,3-6,10,20H2,1-2H3,(H,21,25)/t11-/m0/s1. The van der Waals surface area contributed by atoms with Gasteiger partial charge in [0.05, 0.1) is 10.8 Å². The van der Waals surface area contributed by atoms with Crippen molar-refractivity contribution in [1.82, 2.24) is 20.2 Å². The maximum Gasteiger partial charge on any atom is 0.230 e. The molecule has 0 aliphatic heterocycles. The lowest BCUT2D eigenvalue weighted by atomic mass is 10.1. The van der Waals surface area contributed by atoms with E-state index in [9.17, 15) is 4.79 Å². The Kier molecular flexibility index (Phi) is 8.06. The fraction of sp³-hybridized carbons (Fsp3) is 0.471. The molecule has 1 amide bonds. The van der Waals surface area contributed by atoms with Gasteiger partial charge in [-0.25, -0.2) is 4.68 Å². The van der Waals surface area contributed by atoms with Gasteiger partial charge in [-0.1, -0.05) is 61.1 Å². The zero-order valence-corrected chi connectivity index (χ0v) is 17.2. The molecule has 0 spiro atoms. The molecule has 142 valence electrons. The van der Waals surface area contributed by atoms with Gasteiger partial charge in [0.25, 0.3) is 0 Å². The van der Waals surface area contributed by atoms with Gasteiger partial charge in [0.1, 0.15) is 0 Å². The molecule has 0 saturated carbocycles. The minimum Gasteiger partial charge on any atom is -0.353 e. The molecule has 2 rings (SSSR count). The first kappa shape index (κ1) is 20.9. The molecule has 1 aromatic carbocycles. The highest BCUT2D eigenvalue weighted by Crippen LogP contribution is 2.30. The van der Waals surface area contributed by atoms with Gasteiger partial charge in [0.2, 0.25) is 11.1 Å². The summed E-state index contributed by atoms with van der Waals surface area (Å²) in [7, 11) is 0. The van der Waals surface area contributed by atoms with Crippen LogP contribution in [0.5, 0.6) is 0 Å². The molecule has 0 radical (unpaired) electrons. The molecule has 2 aromatic rings. The summed E-state index contributed by atoms with van der Waals surface area (Å²) in [6.45, 7) is 4.18. The Hall–Kier alpha value is -1.44. The summed E-state index contributed by atoms with van der Waals surface area (Å²) >= 11 is 13.4. The second-order valence-corrected chi connectivity index (χ2v) is 7.84.